The molecule has 144 valence electrons. The third-order valence-electron chi connectivity index (χ3n) is 4.53. The van der Waals surface area contributed by atoms with E-state index < -0.39 is 0 Å². The number of ether oxygens (including phenoxy) is 1. The van der Waals surface area contributed by atoms with Crippen molar-refractivity contribution in [2.75, 3.05) is 26.2 Å². The molecule has 7 heteroatoms. The highest BCUT2D eigenvalue weighted by atomic mass is 35.5. The summed E-state index contributed by atoms with van der Waals surface area (Å²) >= 11 is 5.93. The molecule has 0 spiro atoms. The van der Waals surface area contributed by atoms with Crippen molar-refractivity contribution >= 4 is 23.4 Å². The van der Waals surface area contributed by atoms with Gasteiger partial charge >= 0.3 is 0 Å². The van der Waals surface area contributed by atoms with Gasteiger partial charge in [-0.1, -0.05) is 23.7 Å². The number of likely N-dealkylation sites (tertiary alicyclic amines) is 1. The zero-order valence-corrected chi connectivity index (χ0v) is 16.0. The van der Waals surface area contributed by atoms with E-state index in [1.54, 1.807) is 12.1 Å². The Morgan fingerprint density at radius 1 is 1.31 bits per heavy atom. The number of carbonyl (C=O) groups excluding carboxylic acids is 2. The number of nitrogens with two attached hydrogens (primary N) is 1. The predicted molar refractivity (Wildman–Crippen MR) is 102 cm³/mol. The van der Waals surface area contributed by atoms with Crippen LogP contribution in [0.3, 0.4) is 0 Å². The van der Waals surface area contributed by atoms with Gasteiger partial charge in [-0.15, -0.1) is 0 Å². The van der Waals surface area contributed by atoms with E-state index in [1.165, 1.54) is 6.92 Å². The fourth-order valence-electron chi connectivity index (χ4n) is 3.10. The number of carbonyl (C=O) groups is 2. The standard InChI is InChI=1S/C19H28ClN3O3/c1-14(24)22-18(15-3-5-16(20)6-4-15)13-19(25)23-10-7-17(8-11-23)26-12-2-9-21/h3-6,17-18H,2,7-13,21H2,1H3,(H,22,24). The average Bonchev–Trinajstić information content (AvgIpc) is 2.62. The molecule has 1 aromatic rings. The maximum absolute atomic E-state index is 12.7. The molecule has 1 aliphatic rings. The second-order valence-electron chi connectivity index (χ2n) is 6.60. The zero-order chi connectivity index (χ0) is 18.9. The zero-order valence-electron chi connectivity index (χ0n) is 15.2. The molecule has 6 nitrogen and oxygen atoms in total. The van der Waals surface area contributed by atoms with E-state index in [4.69, 9.17) is 22.1 Å². The topological polar surface area (TPSA) is 84.7 Å². The van der Waals surface area contributed by atoms with Crippen molar-refractivity contribution in [3.63, 3.8) is 0 Å². The highest BCUT2D eigenvalue weighted by Crippen LogP contribution is 2.22. The highest BCUT2D eigenvalue weighted by Gasteiger charge is 2.26. The predicted octanol–water partition coefficient (Wildman–Crippen LogP) is 2.26. The van der Waals surface area contributed by atoms with Crippen molar-refractivity contribution in [2.45, 2.75) is 44.8 Å². The van der Waals surface area contributed by atoms with Gasteiger partial charge in [-0.2, -0.15) is 0 Å². The Labute approximate surface area is 160 Å². The summed E-state index contributed by atoms with van der Waals surface area (Å²) in [5, 5.41) is 3.49. The summed E-state index contributed by atoms with van der Waals surface area (Å²) in [5.41, 5.74) is 6.35. The van der Waals surface area contributed by atoms with E-state index in [-0.39, 0.29) is 30.4 Å². The average molecular weight is 382 g/mol. The van der Waals surface area contributed by atoms with Gasteiger partial charge in [-0.25, -0.2) is 0 Å². The Morgan fingerprint density at radius 3 is 2.54 bits per heavy atom. The lowest BCUT2D eigenvalue weighted by atomic mass is 10.0. The molecular formula is C19H28ClN3O3. The molecule has 3 N–H and O–H groups in total. The molecule has 1 heterocycles. The van der Waals surface area contributed by atoms with Gasteiger partial charge in [0.25, 0.3) is 0 Å². The van der Waals surface area contributed by atoms with Crippen LogP contribution in [0.25, 0.3) is 0 Å². The van der Waals surface area contributed by atoms with Crippen molar-refractivity contribution in [3.05, 3.63) is 34.9 Å². The van der Waals surface area contributed by atoms with E-state index >= 15 is 0 Å². The van der Waals surface area contributed by atoms with Gasteiger partial charge in [0.05, 0.1) is 18.6 Å². The van der Waals surface area contributed by atoms with E-state index in [1.807, 2.05) is 17.0 Å². The summed E-state index contributed by atoms with van der Waals surface area (Å²) in [6.07, 6.45) is 2.97. The van der Waals surface area contributed by atoms with Crippen LogP contribution in [0.5, 0.6) is 0 Å². The van der Waals surface area contributed by atoms with Crippen LogP contribution in [0.1, 0.15) is 44.2 Å². The van der Waals surface area contributed by atoms with Gasteiger partial charge in [0.15, 0.2) is 0 Å². The second-order valence-corrected chi connectivity index (χ2v) is 7.04. The van der Waals surface area contributed by atoms with Crippen LogP contribution in [0, 0.1) is 0 Å². The lowest BCUT2D eigenvalue weighted by Gasteiger charge is -2.33. The molecule has 1 unspecified atom stereocenters. The van der Waals surface area contributed by atoms with Crippen molar-refractivity contribution in [2.24, 2.45) is 5.73 Å². The highest BCUT2D eigenvalue weighted by molar-refractivity contribution is 6.30. The lowest BCUT2D eigenvalue weighted by Crippen LogP contribution is -2.42. The fourth-order valence-corrected chi connectivity index (χ4v) is 3.23. The second kappa shape index (κ2) is 10.5. The third-order valence-corrected chi connectivity index (χ3v) is 4.78. The Hall–Kier alpha value is -1.63. The van der Waals surface area contributed by atoms with Crippen LogP contribution >= 0.6 is 11.6 Å². The van der Waals surface area contributed by atoms with Crippen LogP contribution in [0.15, 0.2) is 24.3 Å². The van der Waals surface area contributed by atoms with E-state index in [2.05, 4.69) is 5.32 Å². The molecule has 1 atom stereocenters. The van der Waals surface area contributed by atoms with E-state index in [0.717, 1.165) is 24.8 Å². The summed E-state index contributed by atoms with van der Waals surface area (Å²) in [6, 6.07) is 6.86. The number of hydrogen-bond acceptors (Lipinski definition) is 4. The number of amides is 2. The van der Waals surface area contributed by atoms with Crippen LogP contribution in [0.2, 0.25) is 5.02 Å². The van der Waals surface area contributed by atoms with Crippen LogP contribution < -0.4 is 11.1 Å². The van der Waals surface area contributed by atoms with Gasteiger partial charge in [-0.3, -0.25) is 9.59 Å². The van der Waals surface area contributed by atoms with Crippen molar-refractivity contribution in [1.82, 2.24) is 10.2 Å². The van der Waals surface area contributed by atoms with Crippen LogP contribution in [-0.2, 0) is 14.3 Å². The molecule has 0 aromatic heterocycles. The summed E-state index contributed by atoms with van der Waals surface area (Å²) < 4.78 is 5.78. The fraction of sp³-hybridized carbons (Fsp3) is 0.579. The first-order valence-corrected chi connectivity index (χ1v) is 9.49. The molecule has 0 radical (unpaired) electrons. The monoisotopic (exact) mass is 381 g/mol. The van der Waals surface area contributed by atoms with Gasteiger partial charge in [0.2, 0.25) is 11.8 Å². The molecule has 2 rings (SSSR count). The molecule has 1 saturated heterocycles. The smallest absolute Gasteiger partial charge is 0.224 e. The summed E-state index contributed by atoms with van der Waals surface area (Å²) in [5.74, 6) is -0.121. The number of halogens is 1. The molecule has 26 heavy (non-hydrogen) atoms. The normalized spacial score (nSPS) is 16.3. The molecular weight excluding hydrogens is 354 g/mol. The third kappa shape index (κ3) is 6.59. The lowest BCUT2D eigenvalue weighted by molar-refractivity contribution is -0.134. The van der Waals surface area contributed by atoms with Crippen LogP contribution in [-0.4, -0.2) is 49.1 Å². The summed E-state index contributed by atoms with van der Waals surface area (Å²) in [7, 11) is 0. The Balaban J connectivity index is 1.89. The molecule has 0 bridgehead atoms. The Kier molecular flexibility index (Phi) is 8.35. The molecule has 1 fully saturated rings. The Morgan fingerprint density at radius 2 is 1.96 bits per heavy atom. The van der Waals surface area contributed by atoms with Crippen molar-refractivity contribution < 1.29 is 14.3 Å². The summed E-state index contributed by atoms with van der Waals surface area (Å²) in [4.78, 5) is 26.1. The number of hydrogen-bond donors (Lipinski definition) is 2. The number of benzene rings is 1. The van der Waals surface area contributed by atoms with E-state index in [9.17, 15) is 9.59 Å². The molecule has 0 aliphatic carbocycles. The van der Waals surface area contributed by atoms with Gasteiger partial charge in [0, 0.05) is 31.6 Å². The minimum absolute atomic E-state index is 0.0408. The minimum Gasteiger partial charge on any atom is -0.378 e. The molecule has 1 aliphatic heterocycles. The molecule has 0 saturated carbocycles. The van der Waals surface area contributed by atoms with E-state index in [0.29, 0.717) is 31.3 Å². The van der Waals surface area contributed by atoms with Crippen molar-refractivity contribution in [3.8, 4) is 0 Å². The quantitative estimate of drug-likeness (QED) is 0.676. The SMILES string of the molecule is CC(=O)NC(CC(=O)N1CCC(OCCCN)CC1)c1ccc(Cl)cc1. The Bertz CT molecular complexity index is 586. The maximum Gasteiger partial charge on any atom is 0.224 e. The van der Waals surface area contributed by atoms with Gasteiger partial charge in [-0.05, 0) is 43.5 Å². The number of rotatable bonds is 8. The van der Waals surface area contributed by atoms with Gasteiger partial charge in [0.1, 0.15) is 0 Å². The molecule has 2 amide bonds. The molecule has 1 aromatic carbocycles. The largest absolute Gasteiger partial charge is 0.378 e. The number of nitrogens with zero attached hydrogens (tertiary/aromatic N) is 1. The summed E-state index contributed by atoms with van der Waals surface area (Å²) in [6.45, 7) is 4.12. The first-order valence-electron chi connectivity index (χ1n) is 9.11. The minimum atomic E-state index is -0.351. The maximum atomic E-state index is 12.7. The first-order chi connectivity index (χ1) is 12.5. The van der Waals surface area contributed by atoms with Gasteiger partial charge < -0.3 is 20.7 Å². The first kappa shape index (κ1) is 20.7. The number of nitrogens with one attached hydrogen (secondary N) is 1. The number of piperidine rings is 1. The van der Waals surface area contributed by atoms with Crippen LogP contribution in [0.4, 0.5) is 0 Å². The van der Waals surface area contributed by atoms with Crippen molar-refractivity contribution in [1.29, 1.82) is 0 Å².